The third-order valence-electron chi connectivity index (χ3n) is 2.98. The topological polar surface area (TPSA) is 41.5 Å². The fourth-order valence-electron chi connectivity index (χ4n) is 2.04. The molecule has 0 aromatic heterocycles. The predicted octanol–water partition coefficient (Wildman–Crippen LogP) is 3.88. The monoisotopic (exact) mass is 291 g/mol. The third kappa shape index (κ3) is 3.44. The highest BCUT2D eigenvalue weighted by atomic mass is 35.5. The fraction of sp³-hybridized carbons (Fsp3) is 0.250. The summed E-state index contributed by atoms with van der Waals surface area (Å²) in [7, 11) is 0. The first-order valence-corrected chi connectivity index (χ1v) is 6.97. The zero-order valence-electron chi connectivity index (χ0n) is 11.3. The second-order valence-corrected chi connectivity index (χ2v) is 4.74. The molecule has 0 aliphatic rings. The lowest BCUT2D eigenvalue weighted by Crippen LogP contribution is -2.16. The Bertz CT molecular complexity index is 560. The Hall–Kier alpha value is -1.71. The summed E-state index contributed by atoms with van der Waals surface area (Å²) in [5.74, 6) is 0.772. The lowest BCUT2D eigenvalue weighted by Gasteiger charge is -2.21. The van der Waals surface area contributed by atoms with Gasteiger partial charge in [-0.3, -0.25) is 0 Å². The summed E-state index contributed by atoms with van der Waals surface area (Å²) in [6.45, 7) is 2.47. The van der Waals surface area contributed by atoms with E-state index in [2.05, 4.69) is 5.32 Å². The minimum Gasteiger partial charge on any atom is -0.494 e. The average molecular weight is 292 g/mol. The second-order valence-electron chi connectivity index (χ2n) is 4.33. The van der Waals surface area contributed by atoms with E-state index in [1.165, 1.54) is 0 Å². The molecule has 2 aromatic carbocycles. The van der Waals surface area contributed by atoms with Gasteiger partial charge in [0.1, 0.15) is 5.75 Å². The molecule has 0 heterocycles. The van der Waals surface area contributed by atoms with Crippen LogP contribution >= 0.6 is 11.6 Å². The summed E-state index contributed by atoms with van der Waals surface area (Å²) in [6.07, 6.45) is 0. The number of hydrogen-bond acceptors (Lipinski definition) is 3. The second kappa shape index (κ2) is 7.17. The SMILES string of the molecule is CCOc1ccccc1C(CO)Nc1ccccc1Cl. The Morgan fingerprint density at radius 1 is 1.15 bits per heavy atom. The normalized spacial score (nSPS) is 11.9. The molecule has 0 aliphatic heterocycles. The molecule has 20 heavy (non-hydrogen) atoms. The van der Waals surface area contributed by atoms with Gasteiger partial charge < -0.3 is 15.2 Å². The molecule has 0 saturated heterocycles. The number of ether oxygens (including phenoxy) is 1. The van der Waals surface area contributed by atoms with Gasteiger partial charge in [-0.2, -0.15) is 0 Å². The van der Waals surface area contributed by atoms with Gasteiger partial charge >= 0.3 is 0 Å². The van der Waals surface area contributed by atoms with Gasteiger partial charge in [0.15, 0.2) is 0 Å². The van der Waals surface area contributed by atoms with E-state index >= 15 is 0 Å². The number of para-hydroxylation sites is 2. The summed E-state index contributed by atoms with van der Waals surface area (Å²) in [6, 6.07) is 14.9. The van der Waals surface area contributed by atoms with E-state index in [0.717, 1.165) is 17.0 Å². The molecule has 106 valence electrons. The third-order valence-corrected chi connectivity index (χ3v) is 3.31. The predicted molar refractivity (Wildman–Crippen MR) is 82.5 cm³/mol. The van der Waals surface area contributed by atoms with Crippen LogP contribution in [0.25, 0.3) is 0 Å². The summed E-state index contributed by atoms with van der Waals surface area (Å²) in [5.41, 5.74) is 1.70. The van der Waals surface area contributed by atoms with Crippen LogP contribution in [0, 0.1) is 0 Å². The Labute approximate surface area is 124 Å². The molecule has 3 nitrogen and oxygen atoms in total. The van der Waals surface area contributed by atoms with Crippen LogP contribution in [0.15, 0.2) is 48.5 Å². The molecule has 0 amide bonds. The summed E-state index contributed by atoms with van der Waals surface area (Å²) in [5, 5.41) is 13.5. The van der Waals surface area contributed by atoms with Crippen molar-refractivity contribution in [3.63, 3.8) is 0 Å². The van der Waals surface area contributed by atoms with E-state index < -0.39 is 0 Å². The van der Waals surface area contributed by atoms with E-state index in [1.807, 2.05) is 55.5 Å². The van der Waals surface area contributed by atoms with Crippen molar-refractivity contribution in [3.8, 4) is 5.75 Å². The van der Waals surface area contributed by atoms with Crippen molar-refractivity contribution in [2.24, 2.45) is 0 Å². The number of aliphatic hydroxyl groups is 1. The van der Waals surface area contributed by atoms with Crippen molar-refractivity contribution in [2.45, 2.75) is 13.0 Å². The molecule has 0 aliphatic carbocycles. The van der Waals surface area contributed by atoms with Crippen LogP contribution in [-0.4, -0.2) is 18.3 Å². The van der Waals surface area contributed by atoms with Crippen LogP contribution in [0.2, 0.25) is 5.02 Å². The molecule has 0 fully saturated rings. The van der Waals surface area contributed by atoms with Gasteiger partial charge in [-0.25, -0.2) is 0 Å². The highest BCUT2D eigenvalue weighted by Crippen LogP contribution is 2.30. The molecule has 0 bridgehead atoms. The Kier molecular flexibility index (Phi) is 5.27. The van der Waals surface area contributed by atoms with Crippen LogP contribution in [0.1, 0.15) is 18.5 Å². The number of nitrogens with one attached hydrogen (secondary N) is 1. The fourth-order valence-corrected chi connectivity index (χ4v) is 2.23. The van der Waals surface area contributed by atoms with Crippen molar-refractivity contribution in [1.82, 2.24) is 0 Å². The van der Waals surface area contributed by atoms with E-state index in [-0.39, 0.29) is 12.6 Å². The molecule has 0 spiro atoms. The molecule has 2 aromatic rings. The zero-order chi connectivity index (χ0) is 14.4. The van der Waals surface area contributed by atoms with Gasteiger partial charge in [-0.15, -0.1) is 0 Å². The molecule has 1 unspecified atom stereocenters. The van der Waals surface area contributed by atoms with E-state index in [4.69, 9.17) is 16.3 Å². The number of rotatable bonds is 6. The molecule has 2 N–H and O–H groups in total. The smallest absolute Gasteiger partial charge is 0.124 e. The van der Waals surface area contributed by atoms with Crippen molar-refractivity contribution < 1.29 is 9.84 Å². The lowest BCUT2D eigenvalue weighted by molar-refractivity contribution is 0.270. The minimum atomic E-state index is -0.266. The highest BCUT2D eigenvalue weighted by Gasteiger charge is 2.16. The first-order chi connectivity index (χ1) is 9.76. The van der Waals surface area contributed by atoms with Crippen molar-refractivity contribution >= 4 is 17.3 Å². The minimum absolute atomic E-state index is 0.0463. The summed E-state index contributed by atoms with van der Waals surface area (Å²) < 4.78 is 5.60. The van der Waals surface area contributed by atoms with E-state index in [0.29, 0.717) is 11.6 Å². The molecular weight excluding hydrogens is 274 g/mol. The van der Waals surface area contributed by atoms with Gasteiger partial charge in [0.05, 0.1) is 30.0 Å². The van der Waals surface area contributed by atoms with E-state index in [9.17, 15) is 5.11 Å². The molecule has 1 atom stereocenters. The lowest BCUT2D eigenvalue weighted by atomic mass is 10.1. The van der Waals surface area contributed by atoms with Gasteiger partial charge in [0.2, 0.25) is 0 Å². The maximum Gasteiger partial charge on any atom is 0.124 e. The highest BCUT2D eigenvalue weighted by molar-refractivity contribution is 6.33. The van der Waals surface area contributed by atoms with Gasteiger partial charge in [0.25, 0.3) is 0 Å². The molecule has 4 heteroatoms. The number of anilines is 1. The van der Waals surface area contributed by atoms with Crippen LogP contribution in [0.4, 0.5) is 5.69 Å². The molecule has 0 radical (unpaired) electrons. The van der Waals surface area contributed by atoms with Crippen LogP contribution in [0.3, 0.4) is 0 Å². The van der Waals surface area contributed by atoms with Crippen molar-refractivity contribution in [2.75, 3.05) is 18.5 Å². The number of hydrogen-bond donors (Lipinski definition) is 2. The van der Waals surface area contributed by atoms with Gasteiger partial charge in [-0.05, 0) is 25.1 Å². The first-order valence-electron chi connectivity index (χ1n) is 6.60. The maximum atomic E-state index is 9.66. The number of benzene rings is 2. The molecule has 2 rings (SSSR count). The number of halogens is 1. The average Bonchev–Trinajstić information content (AvgIpc) is 2.48. The quantitative estimate of drug-likeness (QED) is 0.848. The van der Waals surface area contributed by atoms with Gasteiger partial charge in [0, 0.05) is 5.56 Å². The molecular formula is C16H18ClNO2. The molecule has 0 saturated carbocycles. The first kappa shape index (κ1) is 14.7. The zero-order valence-corrected chi connectivity index (χ0v) is 12.1. The standard InChI is InChI=1S/C16H18ClNO2/c1-2-20-16-10-6-3-7-12(16)15(11-19)18-14-9-5-4-8-13(14)17/h3-10,15,18-19H,2,11H2,1H3. The van der Waals surface area contributed by atoms with Crippen LogP contribution in [-0.2, 0) is 0 Å². The summed E-state index contributed by atoms with van der Waals surface area (Å²) in [4.78, 5) is 0. The Morgan fingerprint density at radius 2 is 1.85 bits per heavy atom. The van der Waals surface area contributed by atoms with Crippen molar-refractivity contribution in [1.29, 1.82) is 0 Å². The van der Waals surface area contributed by atoms with Crippen LogP contribution in [0.5, 0.6) is 5.75 Å². The number of aliphatic hydroxyl groups excluding tert-OH is 1. The van der Waals surface area contributed by atoms with Gasteiger partial charge in [-0.1, -0.05) is 41.9 Å². The van der Waals surface area contributed by atoms with E-state index in [1.54, 1.807) is 0 Å². The maximum absolute atomic E-state index is 9.66. The Balaban J connectivity index is 2.27. The Morgan fingerprint density at radius 3 is 2.55 bits per heavy atom. The van der Waals surface area contributed by atoms with Crippen LogP contribution < -0.4 is 10.1 Å². The summed E-state index contributed by atoms with van der Waals surface area (Å²) >= 11 is 6.14. The largest absolute Gasteiger partial charge is 0.494 e. The van der Waals surface area contributed by atoms with Crippen molar-refractivity contribution in [3.05, 3.63) is 59.1 Å².